The lowest BCUT2D eigenvalue weighted by Crippen LogP contribution is -2.15. The lowest BCUT2D eigenvalue weighted by atomic mass is 10.3. The van der Waals surface area contributed by atoms with E-state index in [1.165, 1.54) is 0 Å². The highest BCUT2D eigenvalue weighted by atomic mass is 16.5. The molecule has 0 aromatic carbocycles. The summed E-state index contributed by atoms with van der Waals surface area (Å²) in [6.07, 6.45) is 2.81. The third-order valence-corrected chi connectivity index (χ3v) is 2.42. The highest BCUT2D eigenvalue weighted by Gasteiger charge is 2.20. The Morgan fingerprint density at radius 3 is 3.00 bits per heavy atom. The fourth-order valence-corrected chi connectivity index (χ4v) is 1.57. The van der Waals surface area contributed by atoms with Crippen molar-refractivity contribution in [3.63, 3.8) is 0 Å². The summed E-state index contributed by atoms with van der Waals surface area (Å²) in [5, 5.41) is 0. The zero-order valence-electron chi connectivity index (χ0n) is 9.36. The number of hydrogen-bond donors (Lipinski definition) is 0. The minimum absolute atomic E-state index is 0.175. The van der Waals surface area contributed by atoms with Gasteiger partial charge in [-0.2, -0.15) is 0 Å². The van der Waals surface area contributed by atoms with Crippen LogP contribution in [-0.4, -0.2) is 31.8 Å². The molecule has 0 amide bonds. The molecule has 2 heterocycles. The van der Waals surface area contributed by atoms with Crippen molar-refractivity contribution < 1.29 is 9.47 Å². The number of nitrogens with zero attached hydrogens (tertiary/aromatic N) is 2. The molecule has 1 aliphatic rings. The summed E-state index contributed by atoms with van der Waals surface area (Å²) in [4.78, 5) is 6.18. The highest BCUT2D eigenvalue weighted by Crippen LogP contribution is 2.37. The smallest absolute Gasteiger partial charge is 0.259 e. The molecule has 0 radical (unpaired) electrons. The highest BCUT2D eigenvalue weighted by molar-refractivity contribution is 5.61. The van der Waals surface area contributed by atoms with Crippen molar-refractivity contribution in [2.75, 3.05) is 25.6 Å². The first kappa shape index (κ1) is 10.1. The monoisotopic (exact) mass is 208 g/mol. The van der Waals surface area contributed by atoms with Crippen molar-refractivity contribution in [3.05, 3.63) is 12.3 Å². The molecule has 1 unspecified atom stereocenters. The molecule has 0 bridgehead atoms. The maximum absolute atomic E-state index is 5.82. The molecule has 0 spiro atoms. The minimum Gasteiger partial charge on any atom is -0.483 e. The van der Waals surface area contributed by atoms with Crippen molar-refractivity contribution in [1.82, 2.24) is 4.98 Å². The van der Waals surface area contributed by atoms with E-state index in [2.05, 4.69) is 4.98 Å². The van der Waals surface area contributed by atoms with Crippen molar-refractivity contribution in [2.45, 2.75) is 19.4 Å². The van der Waals surface area contributed by atoms with Crippen molar-refractivity contribution >= 4 is 5.69 Å². The first-order valence-electron chi connectivity index (χ1n) is 5.14. The molecule has 4 heteroatoms. The average molecular weight is 208 g/mol. The fraction of sp³-hybridized carbons (Fsp3) is 0.545. The maximum atomic E-state index is 5.82. The molecule has 0 N–H and O–H groups in total. The van der Waals surface area contributed by atoms with E-state index >= 15 is 0 Å². The van der Waals surface area contributed by atoms with Crippen molar-refractivity contribution in [2.24, 2.45) is 0 Å². The average Bonchev–Trinajstić information content (AvgIpc) is 2.37. The van der Waals surface area contributed by atoms with Crippen LogP contribution in [0.15, 0.2) is 12.3 Å². The van der Waals surface area contributed by atoms with Gasteiger partial charge in [0, 0.05) is 26.7 Å². The number of anilines is 1. The van der Waals surface area contributed by atoms with E-state index < -0.39 is 0 Å². The van der Waals surface area contributed by atoms with Gasteiger partial charge < -0.3 is 14.4 Å². The first-order valence-corrected chi connectivity index (χ1v) is 5.14. The van der Waals surface area contributed by atoms with Crippen LogP contribution in [0.25, 0.3) is 0 Å². The van der Waals surface area contributed by atoms with E-state index in [0.29, 0.717) is 12.5 Å². The van der Waals surface area contributed by atoms with Crippen LogP contribution in [0, 0.1) is 0 Å². The Bertz CT molecular complexity index is 352. The van der Waals surface area contributed by atoms with E-state index in [0.717, 1.165) is 17.9 Å². The molecule has 1 aromatic heterocycles. The second kappa shape index (κ2) is 3.96. The molecule has 1 aliphatic heterocycles. The lowest BCUT2D eigenvalue weighted by molar-refractivity contribution is 0.211. The Hall–Kier alpha value is -1.45. The van der Waals surface area contributed by atoms with Gasteiger partial charge in [-0.1, -0.05) is 0 Å². The van der Waals surface area contributed by atoms with Gasteiger partial charge in [-0.25, -0.2) is 4.98 Å². The van der Waals surface area contributed by atoms with Crippen LogP contribution in [-0.2, 0) is 0 Å². The molecular weight excluding hydrogens is 192 g/mol. The second-order valence-electron chi connectivity index (χ2n) is 3.92. The third-order valence-electron chi connectivity index (χ3n) is 2.42. The van der Waals surface area contributed by atoms with E-state index in [1.54, 1.807) is 6.20 Å². The van der Waals surface area contributed by atoms with Crippen LogP contribution in [0.2, 0.25) is 0 Å². The Kier molecular flexibility index (Phi) is 2.66. The molecule has 0 aliphatic carbocycles. The van der Waals surface area contributed by atoms with Gasteiger partial charge in [0.2, 0.25) is 5.75 Å². The molecule has 0 saturated carbocycles. The van der Waals surface area contributed by atoms with Crippen LogP contribution in [0.3, 0.4) is 0 Å². The van der Waals surface area contributed by atoms with E-state index in [9.17, 15) is 0 Å². The van der Waals surface area contributed by atoms with Crippen LogP contribution < -0.4 is 14.4 Å². The zero-order valence-corrected chi connectivity index (χ0v) is 9.36. The normalized spacial score (nSPS) is 19.5. The maximum Gasteiger partial charge on any atom is 0.259 e. The van der Waals surface area contributed by atoms with Crippen molar-refractivity contribution in [1.29, 1.82) is 0 Å². The SMILES string of the molecule is CC1CCOc2nccc(N(C)C)c2O1. The summed E-state index contributed by atoms with van der Waals surface area (Å²) in [6, 6.07) is 1.93. The summed E-state index contributed by atoms with van der Waals surface area (Å²) < 4.78 is 11.4. The number of hydrogen-bond acceptors (Lipinski definition) is 4. The molecule has 0 fully saturated rings. The van der Waals surface area contributed by atoms with Gasteiger partial charge in [0.25, 0.3) is 5.88 Å². The Morgan fingerprint density at radius 1 is 1.47 bits per heavy atom. The Morgan fingerprint density at radius 2 is 2.27 bits per heavy atom. The molecule has 0 saturated heterocycles. The predicted molar refractivity (Wildman–Crippen MR) is 58.8 cm³/mol. The largest absolute Gasteiger partial charge is 0.483 e. The molecular formula is C11H16N2O2. The molecule has 2 rings (SSSR count). The van der Waals surface area contributed by atoms with E-state index in [4.69, 9.17) is 9.47 Å². The summed E-state index contributed by atoms with van der Waals surface area (Å²) in [7, 11) is 3.96. The number of aromatic nitrogens is 1. The van der Waals surface area contributed by atoms with Gasteiger partial charge in [0.15, 0.2) is 0 Å². The lowest BCUT2D eigenvalue weighted by Gasteiger charge is -2.19. The van der Waals surface area contributed by atoms with Crippen LogP contribution in [0.1, 0.15) is 13.3 Å². The molecule has 82 valence electrons. The molecule has 15 heavy (non-hydrogen) atoms. The number of rotatable bonds is 1. The summed E-state index contributed by atoms with van der Waals surface area (Å²) >= 11 is 0. The van der Waals surface area contributed by atoms with E-state index in [-0.39, 0.29) is 6.10 Å². The van der Waals surface area contributed by atoms with Crippen LogP contribution >= 0.6 is 0 Å². The number of ether oxygens (including phenoxy) is 2. The van der Waals surface area contributed by atoms with Gasteiger partial charge in [0.05, 0.1) is 18.4 Å². The molecule has 4 nitrogen and oxygen atoms in total. The topological polar surface area (TPSA) is 34.6 Å². The fourth-order valence-electron chi connectivity index (χ4n) is 1.57. The standard InChI is InChI=1S/C11H16N2O2/c1-8-5-7-14-11-10(15-8)9(13(2)3)4-6-12-11/h4,6,8H,5,7H2,1-3H3. The van der Waals surface area contributed by atoms with Gasteiger partial charge in [0.1, 0.15) is 0 Å². The Balaban J connectivity index is 2.43. The summed E-state index contributed by atoms with van der Waals surface area (Å²) in [6.45, 7) is 2.71. The Labute approximate surface area is 89.8 Å². The predicted octanol–water partition coefficient (Wildman–Crippen LogP) is 1.70. The zero-order chi connectivity index (χ0) is 10.8. The summed E-state index contributed by atoms with van der Waals surface area (Å²) in [5.74, 6) is 1.36. The van der Waals surface area contributed by atoms with Gasteiger partial charge in [-0.3, -0.25) is 0 Å². The van der Waals surface area contributed by atoms with Crippen molar-refractivity contribution in [3.8, 4) is 11.6 Å². The quantitative estimate of drug-likeness (QED) is 0.703. The summed E-state index contributed by atoms with van der Waals surface area (Å²) in [5.41, 5.74) is 1.01. The van der Waals surface area contributed by atoms with Crippen LogP contribution in [0.4, 0.5) is 5.69 Å². The van der Waals surface area contributed by atoms with Gasteiger partial charge >= 0.3 is 0 Å². The van der Waals surface area contributed by atoms with E-state index in [1.807, 2.05) is 32.0 Å². The minimum atomic E-state index is 0.175. The second-order valence-corrected chi connectivity index (χ2v) is 3.92. The van der Waals surface area contributed by atoms with Gasteiger partial charge in [-0.15, -0.1) is 0 Å². The number of fused-ring (bicyclic) bond motifs is 1. The first-order chi connectivity index (χ1) is 7.18. The molecule has 1 aromatic rings. The number of pyridine rings is 1. The van der Waals surface area contributed by atoms with Crippen LogP contribution in [0.5, 0.6) is 11.6 Å². The molecule has 1 atom stereocenters. The third kappa shape index (κ3) is 1.98. The van der Waals surface area contributed by atoms with Gasteiger partial charge in [-0.05, 0) is 13.0 Å².